The minimum Gasteiger partial charge on any atom is -0.310 e. The standard InChI is InChI=1S/C12H23N3O2S/c1-10(2)13-8-12-9-15(14-11(12)3)6-5-7-18(4,16)17/h9-10,13H,5-8H2,1-4H3. The molecule has 1 N–H and O–H groups in total. The average molecular weight is 273 g/mol. The summed E-state index contributed by atoms with van der Waals surface area (Å²) < 4.78 is 23.9. The molecule has 0 aromatic carbocycles. The van der Waals surface area contributed by atoms with Crippen molar-refractivity contribution in [3.05, 3.63) is 17.5 Å². The normalized spacial score (nSPS) is 12.3. The van der Waals surface area contributed by atoms with Crippen LogP contribution >= 0.6 is 0 Å². The van der Waals surface area contributed by atoms with E-state index in [1.54, 1.807) is 0 Å². The summed E-state index contributed by atoms with van der Waals surface area (Å²) in [6.07, 6.45) is 3.86. The SMILES string of the molecule is Cc1nn(CCCS(C)(=O)=O)cc1CNC(C)C. The van der Waals surface area contributed by atoms with E-state index in [4.69, 9.17) is 0 Å². The van der Waals surface area contributed by atoms with Crippen molar-refractivity contribution in [3.63, 3.8) is 0 Å². The fourth-order valence-corrected chi connectivity index (χ4v) is 2.30. The monoisotopic (exact) mass is 273 g/mol. The number of aromatic nitrogens is 2. The molecule has 0 saturated carbocycles. The highest BCUT2D eigenvalue weighted by Crippen LogP contribution is 2.06. The van der Waals surface area contributed by atoms with Crippen molar-refractivity contribution in [1.82, 2.24) is 15.1 Å². The van der Waals surface area contributed by atoms with E-state index < -0.39 is 9.84 Å². The van der Waals surface area contributed by atoms with Gasteiger partial charge >= 0.3 is 0 Å². The molecule has 0 aliphatic carbocycles. The van der Waals surface area contributed by atoms with Crippen LogP contribution in [0.5, 0.6) is 0 Å². The Labute approximate surface area is 109 Å². The van der Waals surface area contributed by atoms with Crippen LogP contribution in [0.3, 0.4) is 0 Å². The van der Waals surface area contributed by atoms with Crippen LogP contribution < -0.4 is 5.32 Å². The summed E-state index contributed by atoms with van der Waals surface area (Å²) in [5.74, 6) is 0.214. The lowest BCUT2D eigenvalue weighted by Gasteiger charge is -2.06. The zero-order valence-corrected chi connectivity index (χ0v) is 12.4. The third-order valence-corrected chi connectivity index (χ3v) is 3.68. The Hall–Kier alpha value is -0.880. The first-order valence-electron chi connectivity index (χ1n) is 6.22. The van der Waals surface area contributed by atoms with Crippen molar-refractivity contribution < 1.29 is 8.42 Å². The van der Waals surface area contributed by atoms with Crippen LogP contribution in [0.4, 0.5) is 0 Å². The molecule has 0 radical (unpaired) electrons. The van der Waals surface area contributed by atoms with Crippen LogP contribution in [0.25, 0.3) is 0 Å². The van der Waals surface area contributed by atoms with Gasteiger partial charge in [-0.15, -0.1) is 0 Å². The summed E-state index contributed by atoms with van der Waals surface area (Å²) in [5, 5.41) is 7.74. The van der Waals surface area contributed by atoms with Crippen LogP contribution in [-0.4, -0.2) is 36.2 Å². The number of sulfone groups is 1. The number of nitrogens with one attached hydrogen (secondary N) is 1. The van der Waals surface area contributed by atoms with Crippen molar-refractivity contribution in [3.8, 4) is 0 Å². The average Bonchev–Trinajstić information content (AvgIpc) is 2.54. The van der Waals surface area contributed by atoms with Gasteiger partial charge in [0.15, 0.2) is 0 Å². The van der Waals surface area contributed by atoms with Gasteiger partial charge < -0.3 is 5.32 Å². The van der Waals surface area contributed by atoms with E-state index in [1.165, 1.54) is 11.8 Å². The van der Waals surface area contributed by atoms with Crippen molar-refractivity contribution in [2.75, 3.05) is 12.0 Å². The molecule has 1 heterocycles. The molecule has 1 rings (SSSR count). The Morgan fingerprint density at radius 1 is 1.44 bits per heavy atom. The second-order valence-electron chi connectivity index (χ2n) is 5.02. The fourth-order valence-electron chi connectivity index (χ4n) is 1.65. The van der Waals surface area contributed by atoms with Gasteiger partial charge in [0, 0.05) is 37.1 Å². The predicted octanol–water partition coefficient (Wildman–Crippen LogP) is 1.12. The molecule has 0 spiro atoms. The van der Waals surface area contributed by atoms with Crippen LogP contribution in [0, 0.1) is 6.92 Å². The zero-order chi connectivity index (χ0) is 13.8. The number of rotatable bonds is 7. The number of hydrogen-bond donors (Lipinski definition) is 1. The lowest BCUT2D eigenvalue weighted by Crippen LogP contribution is -2.21. The molecule has 18 heavy (non-hydrogen) atoms. The first-order valence-corrected chi connectivity index (χ1v) is 8.28. The minimum absolute atomic E-state index is 0.214. The van der Waals surface area contributed by atoms with E-state index in [1.807, 2.05) is 17.8 Å². The number of nitrogens with zero attached hydrogens (tertiary/aromatic N) is 2. The second-order valence-corrected chi connectivity index (χ2v) is 7.28. The molecule has 0 amide bonds. The minimum atomic E-state index is -2.87. The molecule has 5 nitrogen and oxygen atoms in total. The molecule has 0 saturated heterocycles. The smallest absolute Gasteiger partial charge is 0.147 e. The number of hydrogen-bond acceptors (Lipinski definition) is 4. The second kappa shape index (κ2) is 6.33. The molecule has 0 fully saturated rings. The number of aryl methyl sites for hydroxylation is 2. The largest absolute Gasteiger partial charge is 0.310 e. The van der Waals surface area contributed by atoms with E-state index in [0.29, 0.717) is 19.0 Å². The quantitative estimate of drug-likeness (QED) is 0.808. The Bertz CT molecular complexity index is 478. The van der Waals surface area contributed by atoms with E-state index in [9.17, 15) is 8.42 Å². The van der Waals surface area contributed by atoms with Gasteiger partial charge in [0.1, 0.15) is 9.84 Å². The van der Waals surface area contributed by atoms with E-state index in [0.717, 1.165) is 12.2 Å². The lowest BCUT2D eigenvalue weighted by molar-refractivity contribution is 0.572. The summed E-state index contributed by atoms with van der Waals surface area (Å²) in [7, 11) is -2.87. The maximum absolute atomic E-state index is 11.0. The summed E-state index contributed by atoms with van der Waals surface area (Å²) in [6, 6.07) is 0.443. The molecular weight excluding hydrogens is 250 g/mol. The van der Waals surface area contributed by atoms with Crippen molar-refractivity contribution in [2.45, 2.75) is 46.3 Å². The zero-order valence-electron chi connectivity index (χ0n) is 11.6. The third kappa shape index (κ3) is 5.64. The molecular formula is C12H23N3O2S. The van der Waals surface area contributed by atoms with Crippen molar-refractivity contribution in [1.29, 1.82) is 0 Å². The van der Waals surface area contributed by atoms with Gasteiger partial charge in [0.25, 0.3) is 0 Å². The van der Waals surface area contributed by atoms with E-state index >= 15 is 0 Å². The fraction of sp³-hybridized carbons (Fsp3) is 0.750. The molecule has 104 valence electrons. The topological polar surface area (TPSA) is 64.0 Å². The Morgan fingerprint density at radius 3 is 2.67 bits per heavy atom. The maximum Gasteiger partial charge on any atom is 0.147 e. The van der Waals surface area contributed by atoms with Gasteiger partial charge in [0.2, 0.25) is 0 Å². The summed E-state index contributed by atoms with van der Waals surface area (Å²) >= 11 is 0. The Morgan fingerprint density at radius 2 is 2.11 bits per heavy atom. The molecule has 1 aromatic heterocycles. The molecule has 0 aliphatic heterocycles. The first kappa shape index (κ1) is 15.2. The first-order chi connectivity index (χ1) is 8.28. The predicted molar refractivity (Wildman–Crippen MR) is 73.3 cm³/mol. The summed E-state index contributed by atoms with van der Waals surface area (Å²) in [4.78, 5) is 0. The van der Waals surface area contributed by atoms with E-state index in [-0.39, 0.29) is 5.75 Å². The molecule has 0 unspecified atom stereocenters. The molecule has 1 aromatic rings. The van der Waals surface area contributed by atoms with Gasteiger partial charge in [-0.1, -0.05) is 13.8 Å². The van der Waals surface area contributed by atoms with E-state index in [2.05, 4.69) is 24.3 Å². The summed E-state index contributed by atoms with van der Waals surface area (Å²) in [6.45, 7) is 7.63. The highest BCUT2D eigenvalue weighted by Gasteiger charge is 2.07. The maximum atomic E-state index is 11.0. The van der Waals surface area contributed by atoms with Crippen LogP contribution in [0.1, 0.15) is 31.5 Å². The van der Waals surface area contributed by atoms with Crippen molar-refractivity contribution in [2.24, 2.45) is 0 Å². The van der Waals surface area contributed by atoms with Gasteiger partial charge in [0.05, 0.1) is 11.4 Å². The molecule has 0 bridgehead atoms. The van der Waals surface area contributed by atoms with Crippen LogP contribution in [0.2, 0.25) is 0 Å². The molecule has 0 aliphatic rings. The van der Waals surface area contributed by atoms with Gasteiger partial charge in [-0.3, -0.25) is 4.68 Å². The lowest BCUT2D eigenvalue weighted by atomic mass is 10.2. The highest BCUT2D eigenvalue weighted by molar-refractivity contribution is 7.90. The third-order valence-electron chi connectivity index (χ3n) is 2.65. The summed E-state index contributed by atoms with van der Waals surface area (Å²) in [5.41, 5.74) is 2.17. The Kier molecular flexibility index (Phi) is 5.34. The highest BCUT2D eigenvalue weighted by atomic mass is 32.2. The Balaban J connectivity index is 2.50. The molecule has 0 atom stereocenters. The van der Waals surface area contributed by atoms with Gasteiger partial charge in [-0.25, -0.2) is 8.42 Å². The van der Waals surface area contributed by atoms with Crippen LogP contribution in [-0.2, 0) is 22.9 Å². The molecule has 6 heteroatoms. The van der Waals surface area contributed by atoms with Crippen LogP contribution in [0.15, 0.2) is 6.20 Å². The van der Waals surface area contributed by atoms with Gasteiger partial charge in [-0.05, 0) is 13.3 Å². The van der Waals surface area contributed by atoms with Crippen molar-refractivity contribution >= 4 is 9.84 Å². The van der Waals surface area contributed by atoms with Gasteiger partial charge in [-0.2, -0.15) is 5.10 Å².